The molecule has 0 saturated carbocycles. The smallest absolute Gasteiger partial charge is 0.335 e. The van der Waals surface area contributed by atoms with Crippen LogP contribution in [0.4, 0.5) is 26.1 Å². The molecule has 5 rings (SSSR count). The van der Waals surface area contributed by atoms with Crippen LogP contribution in [0.2, 0.25) is 0 Å². The van der Waals surface area contributed by atoms with Gasteiger partial charge in [0, 0.05) is 35.4 Å². The minimum Gasteiger partial charge on any atom is -0.504 e. The Balaban J connectivity index is 1.46. The van der Waals surface area contributed by atoms with Crippen molar-refractivity contribution in [3.63, 3.8) is 0 Å². The topological polar surface area (TPSA) is 132 Å². The Bertz CT molecular complexity index is 1520. The number of anilines is 3. The van der Waals surface area contributed by atoms with E-state index in [1.54, 1.807) is 36.5 Å². The molecule has 5 N–H and O–H groups in total. The summed E-state index contributed by atoms with van der Waals surface area (Å²) in [5.74, 6) is -1.03. The van der Waals surface area contributed by atoms with Crippen molar-refractivity contribution in [2.75, 3.05) is 23.8 Å². The molecule has 1 aromatic heterocycles. The fourth-order valence-corrected chi connectivity index (χ4v) is 4.29. The maximum atomic E-state index is 13.4. The highest BCUT2D eigenvalue weighted by atomic mass is 31.0. The molecule has 2 aliphatic rings. The number of phenols is 1. The number of allylic oxidation sites excluding steroid dienone is 3. The number of phenolic OH excluding ortho intramolecular Hbond substituents is 1. The SMILES string of the molecule is O=C(Nc1cccc(C2NN3C=CC=CC3=C2c2ccnc(Nc3ccc(O)c(OCCO)c3)n2)c1)C(F)(F)P. The number of nitrogens with one attached hydrogen (secondary N) is 3. The molecule has 2 aliphatic heterocycles. The molecule has 206 valence electrons. The fraction of sp³-hybridized carbons (Fsp3) is 0.148. The molecule has 3 heterocycles. The lowest BCUT2D eigenvalue weighted by molar-refractivity contribution is -0.129. The lowest BCUT2D eigenvalue weighted by Crippen LogP contribution is -2.30. The van der Waals surface area contributed by atoms with Crippen molar-refractivity contribution in [2.45, 2.75) is 11.7 Å². The predicted molar refractivity (Wildman–Crippen MR) is 149 cm³/mol. The van der Waals surface area contributed by atoms with Gasteiger partial charge < -0.3 is 25.6 Å². The van der Waals surface area contributed by atoms with E-state index >= 15 is 0 Å². The van der Waals surface area contributed by atoms with Crippen LogP contribution < -0.4 is 20.8 Å². The van der Waals surface area contributed by atoms with Crippen molar-refractivity contribution in [3.8, 4) is 11.5 Å². The summed E-state index contributed by atoms with van der Waals surface area (Å²) >= 11 is 0. The molecule has 1 amide bonds. The number of carbonyl (C=O) groups is 1. The van der Waals surface area contributed by atoms with Crippen LogP contribution in [0, 0.1) is 0 Å². The van der Waals surface area contributed by atoms with Gasteiger partial charge in [0.05, 0.1) is 24.0 Å². The number of aliphatic hydroxyl groups is 1. The Hall–Kier alpha value is -4.38. The van der Waals surface area contributed by atoms with Crippen LogP contribution in [0.15, 0.2) is 84.9 Å². The number of aromatic hydroxyl groups is 1. The number of benzene rings is 2. The van der Waals surface area contributed by atoms with Crippen LogP contribution in [0.1, 0.15) is 17.3 Å². The summed E-state index contributed by atoms with van der Waals surface area (Å²) in [5.41, 5.74) is 3.48. The fourth-order valence-electron chi connectivity index (χ4n) is 4.22. The Morgan fingerprint density at radius 2 is 2.02 bits per heavy atom. The molecule has 0 radical (unpaired) electrons. The van der Waals surface area contributed by atoms with Gasteiger partial charge in [-0.3, -0.25) is 9.80 Å². The molecule has 0 bridgehead atoms. The molecule has 40 heavy (non-hydrogen) atoms. The number of hydrazine groups is 1. The van der Waals surface area contributed by atoms with Crippen molar-refractivity contribution in [1.82, 2.24) is 20.4 Å². The predicted octanol–water partition coefficient (Wildman–Crippen LogP) is 4.06. The number of rotatable bonds is 9. The summed E-state index contributed by atoms with van der Waals surface area (Å²) in [6.45, 7) is -0.174. The van der Waals surface area contributed by atoms with E-state index in [9.17, 15) is 18.7 Å². The van der Waals surface area contributed by atoms with Gasteiger partial charge in [0.1, 0.15) is 6.61 Å². The molecule has 13 heteroatoms. The third-order valence-corrected chi connectivity index (χ3v) is 6.23. The number of aliphatic hydroxyl groups excluding tert-OH is 1. The van der Waals surface area contributed by atoms with Crippen LogP contribution in [0.3, 0.4) is 0 Å². The average Bonchev–Trinajstić information content (AvgIpc) is 3.33. The molecule has 10 nitrogen and oxygen atoms in total. The lowest BCUT2D eigenvalue weighted by atomic mass is 9.95. The van der Waals surface area contributed by atoms with Crippen LogP contribution in [-0.4, -0.2) is 50.0 Å². The first-order valence-electron chi connectivity index (χ1n) is 12.1. The van der Waals surface area contributed by atoms with Gasteiger partial charge >= 0.3 is 5.66 Å². The maximum Gasteiger partial charge on any atom is 0.335 e. The zero-order valence-corrected chi connectivity index (χ0v) is 22.0. The largest absolute Gasteiger partial charge is 0.504 e. The number of aromatic nitrogens is 2. The van der Waals surface area contributed by atoms with Crippen molar-refractivity contribution < 1.29 is 28.5 Å². The van der Waals surface area contributed by atoms with Gasteiger partial charge in [-0.05, 0) is 48.0 Å². The summed E-state index contributed by atoms with van der Waals surface area (Å²) in [4.78, 5) is 20.9. The van der Waals surface area contributed by atoms with Crippen LogP contribution in [0.5, 0.6) is 11.5 Å². The van der Waals surface area contributed by atoms with E-state index in [0.717, 1.165) is 11.3 Å². The summed E-state index contributed by atoms with van der Waals surface area (Å²) in [6, 6.07) is 12.6. The van der Waals surface area contributed by atoms with E-state index in [1.165, 1.54) is 21.4 Å². The van der Waals surface area contributed by atoms with Crippen LogP contribution >= 0.6 is 9.24 Å². The summed E-state index contributed by atoms with van der Waals surface area (Å²) < 4.78 is 32.2. The quantitative estimate of drug-likeness (QED) is 0.192. The second-order valence-corrected chi connectivity index (χ2v) is 9.50. The van der Waals surface area contributed by atoms with E-state index in [4.69, 9.17) is 14.8 Å². The molecular formula is C27H25F2N6O4P. The molecule has 0 spiro atoms. The molecule has 0 saturated heterocycles. The first-order valence-corrected chi connectivity index (χ1v) is 12.7. The van der Waals surface area contributed by atoms with Crippen molar-refractivity contribution in [1.29, 1.82) is 0 Å². The van der Waals surface area contributed by atoms with Gasteiger partial charge in [-0.2, -0.15) is 8.78 Å². The Morgan fingerprint density at radius 1 is 1.18 bits per heavy atom. The van der Waals surface area contributed by atoms with Gasteiger partial charge in [0.2, 0.25) is 5.95 Å². The number of carbonyl (C=O) groups excluding carboxylic acids is 1. The van der Waals surface area contributed by atoms with Gasteiger partial charge in [0.25, 0.3) is 5.91 Å². The van der Waals surface area contributed by atoms with Gasteiger partial charge in [-0.15, -0.1) is 0 Å². The Kier molecular flexibility index (Phi) is 7.74. The standard InChI is InChI=1S/C27H25F2N6O4P/c28-27(29,40)25(38)31-17-5-3-4-16(14-17)24-23(20-6-1-2-11-35(20)34-24)19-9-10-30-26(33-19)32-18-7-8-21(37)22(15-18)39-13-12-36/h1-11,14-15,24,34,36-37H,12-13,40H2,(H,31,38)(H,30,32,33). The molecule has 3 aromatic rings. The average molecular weight is 567 g/mol. The van der Waals surface area contributed by atoms with E-state index in [2.05, 4.69) is 21.0 Å². The zero-order chi connectivity index (χ0) is 28.3. The van der Waals surface area contributed by atoms with Crippen molar-refractivity contribution >= 4 is 38.0 Å². The third-order valence-electron chi connectivity index (χ3n) is 5.97. The van der Waals surface area contributed by atoms with Crippen molar-refractivity contribution in [3.05, 3.63) is 96.1 Å². The highest BCUT2D eigenvalue weighted by Gasteiger charge is 2.34. The van der Waals surface area contributed by atoms with E-state index < -0.39 is 17.6 Å². The Morgan fingerprint density at radius 3 is 2.83 bits per heavy atom. The number of amides is 1. The molecule has 0 fully saturated rings. The number of alkyl halides is 2. The van der Waals surface area contributed by atoms with E-state index in [0.29, 0.717) is 16.9 Å². The van der Waals surface area contributed by atoms with Gasteiger partial charge in [-0.25, -0.2) is 15.4 Å². The third kappa shape index (κ3) is 5.94. The second-order valence-electron chi connectivity index (χ2n) is 8.78. The maximum absolute atomic E-state index is 13.4. The van der Waals surface area contributed by atoms with Gasteiger partial charge in [-0.1, -0.05) is 27.4 Å². The molecule has 2 unspecified atom stereocenters. The first kappa shape index (κ1) is 27.2. The van der Waals surface area contributed by atoms with Crippen LogP contribution in [0.25, 0.3) is 5.57 Å². The van der Waals surface area contributed by atoms with Gasteiger partial charge in [0.15, 0.2) is 11.5 Å². The van der Waals surface area contributed by atoms with Crippen LogP contribution in [-0.2, 0) is 4.79 Å². The first-order chi connectivity index (χ1) is 19.2. The van der Waals surface area contributed by atoms with E-state index in [-0.39, 0.29) is 36.3 Å². The molecular weight excluding hydrogens is 541 g/mol. The number of ether oxygens (including phenoxy) is 1. The number of nitrogens with zero attached hydrogens (tertiary/aromatic N) is 3. The summed E-state index contributed by atoms with van der Waals surface area (Å²) in [6.07, 6.45) is 9.12. The van der Waals surface area contributed by atoms with Crippen molar-refractivity contribution in [2.24, 2.45) is 0 Å². The minimum atomic E-state index is -3.60. The number of hydrogen-bond donors (Lipinski definition) is 5. The Labute approximate surface area is 230 Å². The number of hydrogen-bond acceptors (Lipinski definition) is 9. The summed E-state index contributed by atoms with van der Waals surface area (Å²) in [5, 5.41) is 26.2. The number of halogens is 2. The molecule has 0 aliphatic carbocycles. The normalized spacial score (nSPS) is 16.2. The lowest BCUT2D eigenvalue weighted by Gasteiger charge is -2.20. The summed E-state index contributed by atoms with van der Waals surface area (Å²) in [7, 11) is 1.23. The zero-order valence-electron chi connectivity index (χ0n) is 20.9. The highest BCUT2D eigenvalue weighted by Crippen LogP contribution is 2.41. The molecule has 2 atom stereocenters. The minimum absolute atomic E-state index is 0.0253. The van der Waals surface area contributed by atoms with E-state index in [1.807, 2.05) is 35.5 Å². The highest BCUT2D eigenvalue weighted by molar-refractivity contribution is 7.20. The monoisotopic (exact) mass is 566 g/mol. The second kappa shape index (κ2) is 11.4. The number of fused-ring (bicyclic) bond motifs is 1. The molecule has 2 aromatic carbocycles.